The third-order valence-corrected chi connectivity index (χ3v) is 2.58. The van der Waals surface area contributed by atoms with E-state index in [1.165, 1.54) is 14.0 Å². The molecule has 3 N–H and O–H groups in total. The predicted molar refractivity (Wildman–Crippen MR) is 73.2 cm³/mol. The first kappa shape index (κ1) is 18.4. The van der Waals surface area contributed by atoms with Crippen LogP contribution in [0.1, 0.15) is 40.0 Å². The van der Waals surface area contributed by atoms with Gasteiger partial charge in [-0.05, 0) is 27.2 Å². The maximum Gasteiger partial charge on any atom is 0.331 e. The molecule has 0 bridgehead atoms. The summed E-state index contributed by atoms with van der Waals surface area (Å²) >= 11 is 0. The van der Waals surface area contributed by atoms with Gasteiger partial charge >= 0.3 is 5.97 Å². The highest BCUT2D eigenvalue weighted by molar-refractivity contribution is 5.87. The summed E-state index contributed by atoms with van der Waals surface area (Å²) in [5.74, 6) is -1.69. The summed E-state index contributed by atoms with van der Waals surface area (Å²) in [4.78, 5) is 34.1. The topological polar surface area (TPSA) is 105 Å². The first-order valence-corrected chi connectivity index (χ1v) is 6.54. The van der Waals surface area contributed by atoms with E-state index in [2.05, 4.69) is 10.6 Å². The highest BCUT2D eigenvalue weighted by atomic mass is 16.5. The van der Waals surface area contributed by atoms with Gasteiger partial charge in [0.2, 0.25) is 11.8 Å². The number of methoxy groups -OCH3 is 1. The van der Waals surface area contributed by atoms with Crippen molar-refractivity contribution in [2.45, 2.75) is 51.6 Å². The fraction of sp³-hybridized carbons (Fsp3) is 0.769. The number of amides is 2. The summed E-state index contributed by atoms with van der Waals surface area (Å²) in [6.45, 7) is 4.96. The molecule has 0 fully saturated rings. The van der Waals surface area contributed by atoms with E-state index >= 15 is 0 Å². The largest absolute Gasteiger partial charge is 0.479 e. The monoisotopic (exact) mass is 288 g/mol. The molecule has 0 aliphatic rings. The molecule has 0 saturated carbocycles. The minimum atomic E-state index is -1.45. The van der Waals surface area contributed by atoms with E-state index in [1.54, 1.807) is 0 Å². The molecule has 0 aromatic rings. The molecular formula is C13H24N2O5. The van der Waals surface area contributed by atoms with Gasteiger partial charge in [-0.1, -0.05) is 0 Å². The smallest absolute Gasteiger partial charge is 0.331 e. The van der Waals surface area contributed by atoms with Crippen molar-refractivity contribution in [3.8, 4) is 0 Å². The number of carbonyl (C=O) groups is 3. The maximum atomic E-state index is 11.7. The van der Waals surface area contributed by atoms with Crippen LogP contribution < -0.4 is 10.6 Å². The van der Waals surface area contributed by atoms with Crippen LogP contribution in [-0.2, 0) is 19.1 Å². The number of carbonyl (C=O) groups excluding carboxylic acids is 2. The lowest BCUT2D eigenvalue weighted by Gasteiger charge is -2.25. The number of carboxylic acid groups (broad SMARTS) is 1. The van der Waals surface area contributed by atoms with Crippen LogP contribution in [0.15, 0.2) is 0 Å². The van der Waals surface area contributed by atoms with E-state index in [0.717, 1.165) is 0 Å². The molecular weight excluding hydrogens is 264 g/mol. The molecule has 0 rings (SSSR count). The summed E-state index contributed by atoms with van der Waals surface area (Å²) in [5.41, 5.74) is -1.45. The van der Waals surface area contributed by atoms with E-state index in [-0.39, 0.29) is 31.4 Å². The lowest BCUT2D eigenvalue weighted by molar-refractivity contribution is -0.149. The Labute approximate surface area is 119 Å². The zero-order valence-corrected chi connectivity index (χ0v) is 12.5. The molecule has 1 atom stereocenters. The van der Waals surface area contributed by atoms with Gasteiger partial charge in [-0.15, -0.1) is 0 Å². The fourth-order valence-corrected chi connectivity index (χ4v) is 1.61. The van der Waals surface area contributed by atoms with Crippen molar-refractivity contribution in [2.24, 2.45) is 0 Å². The van der Waals surface area contributed by atoms with Gasteiger partial charge in [0.05, 0.1) is 6.61 Å². The van der Waals surface area contributed by atoms with Crippen LogP contribution in [0.4, 0.5) is 0 Å². The normalized spacial score (nSPS) is 13.7. The van der Waals surface area contributed by atoms with Crippen LogP contribution in [0.2, 0.25) is 0 Å². The second-order valence-electron chi connectivity index (χ2n) is 5.19. The number of hydrogen-bond donors (Lipinski definition) is 3. The Hall–Kier alpha value is -1.63. The zero-order chi connectivity index (χ0) is 15.8. The third-order valence-electron chi connectivity index (χ3n) is 2.58. The minimum absolute atomic E-state index is 0.0633. The molecule has 0 aliphatic heterocycles. The van der Waals surface area contributed by atoms with Gasteiger partial charge in [-0.25, -0.2) is 4.79 Å². The second kappa shape index (κ2) is 8.52. The molecule has 0 spiro atoms. The molecule has 0 aromatic carbocycles. The molecule has 1 unspecified atom stereocenters. The number of nitrogens with one attached hydrogen (secondary N) is 2. The first-order chi connectivity index (χ1) is 9.21. The summed E-state index contributed by atoms with van der Waals surface area (Å²) in [5, 5.41) is 14.2. The van der Waals surface area contributed by atoms with Crippen molar-refractivity contribution >= 4 is 17.8 Å². The molecule has 0 heterocycles. The lowest BCUT2D eigenvalue weighted by atomic mass is 10.0. The van der Waals surface area contributed by atoms with E-state index in [0.29, 0.717) is 6.42 Å². The van der Waals surface area contributed by atoms with Gasteiger partial charge in [0.15, 0.2) is 5.54 Å². The number of hydrogen-bond acceptors (Lipinski definition) is 4. The molecule has 7 nitrogen and oxygen atoms in total. The SMILES string of the molecule is COCC(C)(NC(=O)CCCC(=O)NC(C)C)C(=O)O. The summed E-state index contributed by atoms with van der Waals surface area (Å²) in [6, 6.07) is 0.0633. The third kappa shape index (κ3) is 7.08. The standard InChI is InChI=1S/C13H24N2O5/c1-9(2)14-10(16)6-5-7-11(17)15-13(3,8-20-4)12(18)19/h9H,5-8H2,1-4H3,(H,14,16)(H,15,17)(H,18,19). The van der Waals surface area contributed by atoms with Gasteiger partial charge in [-0.3, -0.25) is 9.59 Å². The molecule has 2 amide bonds. The molecule has 0 radical (unpaired) electrons. The summed E-state index contributed by atoms with van der Waals surface area (Å²) in [6.07, 6.45) is 0.699. The average molecular weight is 288 g/mol. The second-order valence-corrected chi connectivity index (χ2v) is 5.19. The van der Waals surface area contributed by atoms with E-state index < -0.39 is 17.4 Å². The van der Waals surface area contributed by atoms with Crippen molar-refractivity contribution in [3.05, 3.63) is 0 Å². The van der Waals surface area contributed by atoms with Crippen LogP contribution in [0.5, 0.6) is 0 Å². The molecule has 0 saturated heterocycles. The Balaban J connectivity index is 4.16. The highest BCUT2D eigenvalue weighted by Gasteiger charge is 2.34. The van der Waals surface area contributed by atoms with E-state index in [9.17, 15) is 14.4 Å². The van der Waals surface area contributed by atoms with Crippen LogP contribution in [0.25, 0.3) is 0 Å². The van der Waals surface area contributed by atoms with Crippen LogP contribution in [0.3, 0.4) is 0 Å². The Morgan fingerprint density at radius 2 is 1.75 bits per heavy atom. The predicted octanol–water partition coefficient (Wildman–Crippen LogP) is 0.287. The molecule has 116 valence electrons. The lowest BCUT2D eigenvalue weighted by Crippen LogP contribution is -2.55. The van der Waals surface area contributed by atoms with Crippen LogP contribution >= 0.6 is 0 Å². The minimum Gasteiger partial charge on any atom is -0.479 e. The maximum absolute atomic E-state index is 11.7. The summed E-state index contributed by atoms with van der Waals surface area (Å²) in [7, 11) is 1.36. The Morgan fingerprint density at radius 3 is 2.20 bits per heavy atom. The van der Waals surface area contributed by atoms with Crippen molar-refractivity contribution in [1.82, 2.24) is 10.6 Å². The zero-order valence-electron chi connectivity index (χ0n) is 12.5. The highest BCUT2D eigenvalue weighted by Crippen LogP contribution is 2.06. The first-order valence-electron chi connectivity index (χ1n) is 6.54. The number of rotatable bonds is 9. The van der Waals surface area contributed by atoms with Gasteiger partial charge in [0.25, 0.3) is 0 Å². The van der Waals surface area contributed by atoms with Crippen molar-refractivity contribution in [3.63, 3.8) is 0 Å². The van der Waals surface area contributed by atoms with Crippen molar-refractivity contribution in [2.75, 3.05) is 13.7 Å². The Kier molecular flexibility index (Phi) is 7.83. The van der Waals surface area contributed by atoms with Gasteiger partial charge in [0.1, 0.15) is 0 Å². The summed E-state index contributed by atoms with van der Waals surface area (Å²) < 4.78 is 4.80. The Bertz CT molecular complexity index is 357. The fourth-order valence-electron chi connectivity index (χ4n) is 1.61. The molecule has 0 aromatic heterocycles. The van der Waals surface area contributed by atoms with Gasteiger partial charge < -0.3 is 20.5 Å². The Morgan fingerprint density at radius 1 is 1.20 bits per heavy atom. The number of ether oxygens (including phenoxy) is 1. The van der Waals surface area contributed by atoms with Crippen LogP contribution in [-0.4, -0.2) is 48.2 Å². The molecule has 7 heteroatoms. The molecule has 0 aliphatic carbocycles. The number of carboxylic acids is 1. The van der Waals surface area contributed by atoms with Crippen LogP contribution in [0, 0.1) is 0 Å². The van der Waals surface area contributed by atoms with E-state index in [4.69, 9.17) is 9.84 Å². The average Bonchev–Trinajstić information content (AvgIpc) is 2.27. The van der Waals surface area contributed by atoms with Gasteiger partial charge in [0, 0.05) is 26.0 Å². The van der Waals surface area contributed by atoms with Crippen molar-refractivity contribution in [1.29, 1.82) is 0 Å². The molecule has 20 heavy (non-hydrogen) atoms. The van der Waals surface area contributed by atoms with Gasteiger partial charge in [-0.2, -0.15) is 0 Å². The quantitative estimate of drug-likeness (QED) is 0.565. The van der Waals surface area contributed by atoms with Crippen molar-refractivity contribution < 1.29 is 24.2 Å². The number of aliphatic carboxylic acids is 1. The van der Waals surface area contributed by atoms with E-state index in [1.807, 2.05) is 13.8 Å².